The fourth-order valence-corrected chi connectivity index (χ4v) is 1.89. The van der Waals surface area contributed by atoms with Crippen molar-refractivity contribution in [1.82, 2.24) is 5.32 Å². The van der Waals surface area contributed by atoms with Gasteiger partial charge >= 0.3 is 5.97 Å². The van der Waals surface area contributed by atoms with E-state index < -0.39 is 5.97 Å². The van der Waals surface area contributed by atoms with E-state index in [0.717, 1.165) is 12.2 Å². The van der Waals surface area contributed by atoms with E-state index >= 15 is 0 Å². The van der Waals surface area contributed by atoms with Crippen LogP contribution in [-0.2, 0) is 9.59 Å². The zero-order chi connectivity index (χ0) is 15.5. The number of hydrogen-bond donors (Lipinski definition) is 2. The highest BCUT2D eigenvalue weighted by molar-refractivity contribution is 5.76. The Morgan fingerprint density at radius 3 is 2.62 bits per heavy atom. The number of carbonyl (C=O) groups excluding carboxylic acids is 1. The molecule has 0 aromatic heterocycles. The molecule has 0 fully saturated rings. The van der Waals surface area contributed by atoms with Gasteiger partial charge in [0.05, 0.1) is 6.61 Å². The summed E-state index contributed by atoms with van der Waals surface area (Å²) in [6.45, 7) is 2.83. The van der Waals surface area contributed by atoms with Crippen LogP contribution in [0, 0.1) is 5.92 Å². The SMILES string of the molecule is CCC(CNC(=O)CCCOc1ccccc1)CC(=O)O. The molecule has 0 spiro atoms. The average molecular weight is 293 g/mol. The Bertz CT molecular complexity index is 433. The molecule has 1 atom stereocenters. The maximum atomic E-state index is 11.6. The highest BCUT2D eigenvalue weighted by atomic mass is 16.5. The van der Waals surface area contributed by atoms with Crippen LogP contribution in [0.2, 0.25) is 0 Å². The molecule has 1 amide bonds. The minimum Gasteiger partial charge on any atom is -0.494 e. The molecule has 0 saturated carbocycles. The number of nitrogens with one attached hydrogen (secondary N) is 1. The molecule has 1 aromatic carbocycles. The third kappa shape index (κ3) is 7.97. The molecule has 0 aliphatic carbocycles. The fraction of sp³-hybridized carbons (Fsp3) is 0.500. The van der Waals surface area contributed by atoms with Crippen LogP contribution in [0.4, 0.5) is 0 Å². The van der Waals surface area contributed by atoms with Gasteiger partial charge in [0.2, 0.25) is 5.91 Å². The van der Waals surface area contributed by atoms with E-state index in [1.807, 2.05) is 37.3 Å². The summed E-state index contributed by atoms with van der Waals surface area (Å²) in [5.41, 5.74) is 0. The van der Waals surface area contributed by atoms with E-state index in [0.29, 0.717) is 26.0 Å². The first-order valence-electron chi connectivity index (χ1n) is 7.28. The molecule has 0 heterocycles. The second-order valence-corrected chi connectivity index (χ2v) is 4.94. The highest BCUT2D eigenvalue weighted by Crippen LogP contribution is 2.09. The normalized spacial score (nSPS) is 11.7. The Labute approximate surface area is 125 Å². The molecule has 0 radical (unpaired) electrons. The van der Waals surface area contributed by atoms with Gasteiger partial charge in [-0.3, -0.25) is 9.59 Å². The molecule has 5 heteroatoms. The van der Waals surface area contributed by atoms with Gasteiger partial charge in [-0.1, -0.05) is 31.5 Å². The van der Waals surface area contributed by atoms with Gasteiger partial charge in [-0.05, 0) is 24.5 Å². The molecule has 21 heavy (non-hydrogen) atoms. The van der Waals surface area contributed by atoms with E-state index in [-0.39, 0.29) is 18.2 Å². The lowest BCUT2D eigenvalue weighted by molar-refractivity contribution is -0.138. The standard InChI is InChI=1S/C16H23NO4/c1-2-13(11-16(19)20)12-17-15(18)9-6-10-21-14-7-4-3-5-8-14/h3-5,7-8,13H,2,6,9-12H2,1H3,(H,17,18)(H,19,20). The second kappa shape index (κ2) is 9.80. The number of amides is 1. The van der Waals surface area contributed by atoms with E-state index in [2.05, 4.69) is 5.32 Å². The van der Waals surface area contributed by atoms with Crippen LogP contribution in [0.15, 0.2) is 30.3 Å². The summed E-state index contributed by atoms with van der Waals surface area (Å²) in [5.74, 6) is -0.0970. The number of ether oxygens (including phenoxy) is 1. The number of hydrogen-bond acceptors (Lipinski definition) is 3. The lowest BCUT2D eigenvalue weighted by atomic mass is 10.0. The van der Waals surface area contributed by atoms with Crippen LogP contribution < -0.4 is 10.1 Å². The van der Waals surface area contributed by atoms with Crippen LogP contribution >= 0.6 is 0 Å². The summed E-state index contributed by atoms with van der Waals surface area (Å²) >= 11 is 0. The summed E-state index contributed by atoms with van der Waals surface area (Å²) in [4.78, 5) is 22.3. The summed E-state index contributed by atoms with van der Waals surface area (Å²) < 4.78 is 5.50. The van der Waals surface area contributed by atoms with E-state index in [4.69, 9.17) is 9.84 Å². The van der Waals surface area contributed by atoms with Crippen molar-refractivity contribution in [2.45, 2.75) is 32.6 Å². The molecule has 1 unspecified atom stereocenters. The number of carboxylic acid groups (broad SMARTS) is 1. The number of rotatable bonds is 10. The highest BCUT2D eigenvalue weighted by Gasteiger charge is 2.12. The molecule has 5 nitrogen and oxygen atoms in total. The van der Waals surface area contributed by atoms with Crippen molar-refractivity contribution < 1.29 is 19.4 Å². The zero-order valence-corrected chi connectivity index (χ0v) is 12.4. The van der Waals surface area contributed by atoms with Gasteiger partial charge < -0.3 is 15.2 Å². The van der Waals surface area contributed by atoms with Gasteiger partial charge in [-0.2, -0.15) is 0 Å². The summed E-state index contributed by atoms with van der Waals surface area (Å²) in [6.07, 6.45) is 1.85. The first-order chi connectivity index (χ1) is 10.1. The number of carboxylic acids is 1. The van der Waals surface area contributed by atoms with Crippen LogP contribution in [-0.4, -0.2) is 30.1 Å². The predicted octanol–water partition coefficient (Wildman–Crippen LogP) is 2.46. The first kappa shape index (κ1) is 17.0. The first-order valence-corrected chi connectivity index (χ1v) is 7.28. The molecule has 0 aliphatic rings. The summed E-state index contributed by atoms with van der Waals surface area (Å²) in [6, 6.07) is 9.46. The molecular weight excluding hydrogens is 270 g/mol. The van der Waals surface area contributed by atoms with Gasteiger partial charge in [0.25, 0.3) is 0 Å². The van der Waals surface area contributed by atoms with Crippen molar-refractivity contribution in [2.75, 3.05) is 13.2 Å². The van der Waals surface area contributed by atoms with Crippen LogP contribution in [0.25, 0.3) is 0 Å². The molecule has 0 aliphatic heterocycles. The smallest absolute Gasteiger partial charge is 0.303 e. The number of aliphatic carboxylic acids is 1. The molecule has 1 aromatic rings. The van der Waals surface area contributed by atoms with Crippen molar-refractivity contribution in [2.24, 2.45) is 5.92 Å². The molecule has 0 saturated heterocycles. The van der Waals surface area contributed by atoms with E-state index in [9.17, 15) is 9.59 Å². The number of para-hydroxylation sites is 1. The maximum Gasteiger partial charge on any atom is 0.303 e. The van der Waals surface area contributed by atoms with E-state index in [1.54, 1.807) is 0 Å². The Balaban J connectivity index is 2.12. The zero-order valence-electron chi connectivity index (χ0n) is 12.4. The number of benzene rings is 1. The molecule has 116 valence electrons. The third-order valence-corrected chi connectivity index (χ3v) is 3.19. The van der Waals surface area contributed by atoms with Gasteiger partial charge in [0.15, 0.2) is 0 Å². The van der Waals surface area contributed by atoms with E-state index in [1.165, 1.54) is 0 Å². The van der Waals surface area contributed by atoms with Gasteiger partial charge in [-0.15, -0.1) is 0 Å². The molecule has 0 bridgehead atoms. The van der Waals surface area contributed by atoms with Crippen molar-refractivity contribution in [1.29, 1.82) is 0 Å². The molecular formula is C16H23NO4. The van der Waals surface area contributed by atoms with Gasteiger partial charge in [0.1, 0.15) is 5.75 Å². The van der Waals surface area contributed by atoms with Crippen LogP contribution in [0.1, 0.15) is 32.6 Å². The minimum absolute atomic E-state index is 0.00739. The molecule has 2 N–H and O–H groups in total. The Hall–Kier alpha value is -2.04. The molecule has 1 rings (SSSR count). The van der Waals surface area contributed by atoms with Crippen molar-refractivity contribution >= 4 is 11.9 Å². The monoisotopic (exact) mass is 293 g/mol. The Morgan fingerprint density at radius 2 is 2.00 bits per heavy atom. The third-order valence-electron chi connectivity index (χ3n) is 3.19. The van der Waals surface area contributed by atoms with Crippen molar-refractivity contribution in [3.05, 3.63) is 30.3 Å². The summed E-state index contributed by atoms with van der Waals surface area (Å²) in [7, 11) is 0. The predicted molar refractivity (Wildman–Crippen MR) is 80.2 cm³/mol. The van der Waals surface area contributed by atoms with Crippen molar-refractivity contribution in [3.63, 3.8) is 0 Å². The fourth-order valence-electron chi connectivity index (χ4n) is 1.89. The lowest BCUT2D eigenvalue weighted by Gasteiger charge is -2.13. The second-order valence-electron chi connectivity index (χ2n) is 4.94. The largest absolute Gasteiger partial charge is 0.494 e. The number of carbonyl (C=O) groups is 2. The van der Waals surface area contributed by atoms with Gasteiger partial charge in [-0.25, -0.2) is 0 Å². The van der Waals surface area contributed by atoms with Crippen molar-refractivity contribution in [3.8, 4) is 5.75 Å². The Morgan fingerprint density at radius 1 is 1.29 bits per heavy atom. The topological polar surface area (TPSA) is 75.6 Å². The lowest BCUT2D eigenvalue weighted by Crippen LogP contribution is -2.30. The minimum atomic E-state index is -0.827. The van der Waals surface area contributed by atoms with Crippen LogP contribution in [0.5, 0.6) is 5.75 Å². The average Bonchev–Trinajstić information content (AvgIpc) is 2.48. The maximum absolute atomic E-state index is 11.6. The quantitative estimate of drug-likeness (QED) is 0.650. The summed E-state index contributed by atoms with van der Waals surface area (Å²) in [5, 5.41) is 11.5. The van der Waals surface area contributed by atoms with Crippen LogP contribution in [0.3, 0.4) is 0 Å². The van der Waals surface area contributed by atoms with Gasteiger partial charge in [0, 0.05) is 19.4 Å². The Kier molecular flexibility index (Phi) is 7.94.